The lowest BCUT2D eigenvalue weighted by molar-refractivity contribution is 0.0991. The van der Waals surface area contributed by atoms with E-state index < -0.39 is 23.6 Å². The highest BCUT2D eigenvalue weighted by atomic mass is 35.5. The summed E-state index contributed by atoms with van der Waals surface area (Å²) in [6, 6.07) is 41.7. The second kappa shape index (κ2) is 42.8. The maximum absolute atomic E-state index is 12.3. The van der Waals surface area contributed by atoms with Gasteiger partial charge in [0.1, 0.15) is 33.9 Å². The van der Waals surface area contributed by atoms with Crippen molar-refractivity contribution in [2.75, 3.05) is 115 Å². The average molecular weight is 1760 g/mol. The maximum Gasteiger partial charge on any atom is 0.254 e. The molecule has 7 aromatic heterocycles. The zero-order valence-electron chi connectivity index (χ0n) is 76.0. The standard InChI is InChI=1S/C26H33N5O2.C25H27N5O.C24H29ClN6O2.C24H30N6O2/c1-16-11-21(12-17(2)19(16)4)15-28-26-24(25(27)32)22(29-30-26)14-20-5-6-23(18(3)13-20)31-7-9-33-10-8-31;1-16-12-20(13-17(2)18(16)3)15-27-25-23(24(26)31)22(28-29-25)14-19-6-8-21(9-7-19)30-10-4-5-11-30;1-14-8-17(9-15(2)16(14)3)12-27-23-21(22(26)32)20(29-30-23)11-18-10-19(25)24(28-13-18)31-4-6-33-7-5-31;1-15-10-19(11-16(2)17(15)3)14-27-24-22(23(25)31)20(28-29-24)12-18-4-5-21(26-13-18)30-6-8-32-9-7-30/h5-6,11-13H,7-10,14-15H2,1-4H3,(H2,27,32)(H2,28,29,30);4-13H,14-15H2,1-3H3,(H2,26,31)(H2,27,28,29);8-10,13H,4-7,11-12H2,1-3H3,(H2,26,32)(H2,27,29,30);4-5,10-11,13H,6-9,12,14H2,1-3H3,(H2,25,31)(H2,27,28,29). The maximum atomic E-state index is 12.3. The molecule has 13 aromatic rings. The number of nitrogens with one attached hydrogen (secondary N) is 8. The predicted octanol–water partition coefficient (Wildman–Crippen LogP) is 14.6. The third-order valence-corrected chi connectivity index (χ3v) is 24.7. The number of hydrogen-bond donors (Lipinski definition) is 12. The van der Waals surface area contributed by atoms with Gasteiger partial charge in [0, 0.05) is 127 Å². The molecule has 0 spiro atoms. The lowest BCUT2D eigenvalue weighted by Gasteiger charge is -2.30. The van der Waals surface area contributed by atoms with Gasteiger partial charge in [-0.2, -0.15) is 20.4 Å². The molecule has 0 unspecified atom stereocenters. The summed E-state index contributed by atoms with van der Waals surface area (Å²) in [6.45, 7) is 38.9. The molecule has 0 radical (unpaired) electrons. The van der Waals surface area contributed by atoms with Crippen LogP contribution in [0.25, 0.3) is 5.69 Å². The molecule has 129 heavy (non-hydrogen) atoms. The summed E-state index contributed by atoms with van der Waals surface area (Å²) in [4.78, 5) is 64.7. The summed E-state index contributed by atoms with van der Waals surface area (Å²) in [6.07, 6.45) is 9.61. The van der Waals surface area contributed by atoms with Crippen LogP contribution in [0, 0.1) is 90.0 Å². The number of primary amides is 4. The van der Waals surface area contributed by atoms with Gasteiger partial charge < -0.3 is 77.7 Å². The van der Waals surface area contributed by atoms with E-state index in [1.165, 1.54) is 78.0 Å². The molecule has 3 aliphatic rings. The van der Waals surface area contributed by atoms with Crippen LogP contribution in [0.5, 0.6) is 0 Å². The van der Waals surface area contributed by atoms with Crippen molar-refractivity contribution in [1.29, 1.82) is 0 Å². The van der Waals surface area contributed by atoms with Gasteiger partial charge in [-0.15, -0.1) is 0 Å². The van der Waals surface area contributed by atoms with Crippen molar-refractivity contribution in [3.05, 3.63) is 313 Å². The SMILES string of the molecule is Cc1cc(CNc2n[nH]c(Cc3ccc(-n4cccc4)cc3)c2C(N)=O)cc(C)c1C.Cc1cc(CNc2n[nH]c(Cc3ccc(N4CCOCC4)nc3)c2C(N)=O)cc(C)c1C.Cc1cc(CNc2n[nH]c(Cc3cnc(N4CCOCC4)c(Cl)c3)c2C(N)=O)cc(C)c1C.Cc1cc(Cc2[nH]nc(NCc3cc(C)c(C)c(C)c3)c2C(N)=O)ccc1N1CCOCC1. The molecule has 3 fully saturated rings. The van der Waals surface area contributed by atoms with Crippen molar-refractivity contribution >= 4 is 75.8 Å². The Morgan fingerprint density at radius 3 is 1.01 bits per heavy atom. The smallest absolute Gasteiger partial charge is 0.254 e. The Morgan fingerprint density at radius 1 is 0.357 bits per heavy atom. The number of ether oxygens (including phenoxy) is 3. The summed E-state index contributed by atoms with van der Waals surface area (Å²) in [5.74, 6) is 1.55. The highest BCUT2D eigenvalue weighted by Gasteiger charge is 2.26. The van der Waals surface area contributed by atoms with Gasteiger partial charge >= 0.3 is 0 Å². The molecule has 0 bridgehead atoms. The fraction of sp³-hybridized carbons (Fsp3) is 0.333. The molecule has 30 heteroatoms. The van der Waals surface area contributed by atoms with Crippen LogP contribution in [0.1, 0.15) is 181 Å². The van der Waals surface area contributed by atoms with E-state index in [0.29, 0.717) is 133 Å². The summed E-state index contributed by atoms with van der Waals surface area (Å²) in [7, 11) is 0. The number of morpholine rings is 3. The van der Waals surface area contributed by atoms with Gasteiger partial charge in [0.05, 0.1) is 67.4 Å². The molecule has 29 nitrogen and oxygen atoms in total. The molecule has 3 aliphatic heterocycles. The molecule has 674 valence electrons. The second-order valence-electron chi connectivity index (χ2n) is 33.5. The minimum atomic E-state index is -0.540. The third kappa shape index (κ3) is 23.6. The lowest BCUT2D eigenvalue weighted by Crippen LogP contribution is -2.36. The Balaban J connectivity index is 0.000000147. The fourth-order valence-corrected chi connectivity index (χ4v) is 16.7. The Bertz CT molecular complexity index is 5840. The van der Waals surface area contributed by atoms with Gasteiger partial charge in [0.15, 0.2) is 23.3 Å². The second-order valence-corrected chi connectivity index (χ2v) is 34.0. The molecule has 3 saturated heterocycles. The minimum Gasteiger partial charge on any atom is -0.378 e. The van der Waals surface area contributed by atoms with Crippen LogP contribution in [0.3, 0.4) is 0 Å². The highest BCUT2D eigenvalue weighted by Crippen LogP contribution is 2.32. The number of carbonyl (C=O) groups is 4. The molecular formula is C99H119ClN22O7. The quantitative estimate of drug-likeness (QED) is 0.0217. The number of rotatable bonds is 28. The Kier molecular flexibility index (Phi) is 30.9. The number of amides is 4. The normalized spacial score (nSPS) is 13.2. The molecule has 4 amide bonds. The number of halogens is 1. The minimum absolute atomic E-state index is 0.351. The summed E-state index contributed by atoms with van der Waals surface area (Å²) in [5.41, 5.74) is 54.3. The summed E-state index contributed by atoms with van der Waals surface area (Å²) in [5, 5.41) is 42.9. The molecule has 10 heterocycles. The van der Waals surface area contributed by atoms with E-state index in [4.69, 9.17) is 48.7 Å². The number of H-pyrrole nitrogens is 4. The average Bonchev–Trinajstić information content (AvgIpc) is 1.71. The van der Waals surface area contributed by atoms with Gasteiger partial charge in [-0.05, 0) is 249 Å². The van der Waals surface area contributed by atoms with Crippen molar-refractivity contribution in [1.82, 2.24) is 55.3 Å². The number of nitrogens with zero attached hydrogens (tertiary/aromatic N) is 10. The first-order valence-electron chi connectivity index (χ1n) is 43.6. The zero-order chi connectivity index (χ0) is 91.7. The van der Waals surface area contributed by atoms with E-state index in [1.54, 1.807) is 6.20 Å². The topological polar surface area (TPSA) is 403 Å². The molecule has 16 rings (SSSR count). The lowest BCUT2D eigenvalue weighted by atomic mass is 10.0. The van der Waals surface area contributed by atoms with Crippen molar-refractivity contribution in [3.8, 4) is 5.69 Å². The molecule has 0 atom stereocenters. The molecular weight excluding hydrogens is 1640 g/mol. The number of hydrogen-bond acceptors (Lipinski definition) is 20. The summed E-state index contributed by atoms with van der Waals surface area (Å²) < 4.78 is 18.3. The van der Waals surface area contributed by atoms with E-state index in [1.807, 2.05) is 65.6 Å². The van der Waals surface area contributed by atoms with Gasteiger partial charge in [0.25, 0.3) is 23.6 Å². The zero-order valence-corrected chi connectivity index (χ0v) is 76.8. The van der Waals surface area contributed by atoms with E-state index >= 15 is 0 Å². The molecule has 0 aliphatic carbocycles. The van der Waals surface area contributed by atoms with Crippen molar-refractivity contribution in [2.24, 2.45) is 22.9 Å². The Labute approximate surface area is 758 Å². The largest absolute Gasteiger partial charge is 0.378 e. The van der Waals surface area contributed by atoms with Crippen LogP contribution in [0.15, 0.2) is 146 Å². The first-order chi connectivity index (χ1) is 62.0. The number of anilines is 7. The monoisotopic (exact) mass is 1760 g/mol. The van der Waals surface area contributed by atoms with E-state index in [9.17, 15) is 19.2 Å². The van der Waals surface area contributed by atoms with Crippen molar-refractivity contribution < 1.29 is 33.4 Å². The molecule has 0 saturated carbocycles. The van der Waals surface area contributed by atoms with Gasteiger partial charge in [-0.25, -0.2) is 9.97 Å². The number of aromatic amines is 4. The fourth-order valence-electron chi connectivity index (χ4n) is 16.4. The van der Waals surface area contributed by atoms with E-state index in [-0.39, 0.29) is 0 Å². The van der Waals surface area contributed by atoms with E-state index in [0.717, 1.165) is 133 Å². The van der Waals surface area contributed by atoms with Crippen LogP contribution in [0.2, 0.25) is 5.02 Å². The Morgan fingerprint density at radius 2 is 0.667 bits per heavy atom. The first kappa shape index (κ1) is 93.0. The third-order valence-electron chi connectivity index (χ3n) is 24.4. The number of benzene rings is 6. The Hall–Kier alpha value is -13.6. The van der Waals surface area contributed by atoms with Crippen LogP contribution < -0.4 is 58.9 Å². The number of nitrogens with two attached hydrogens (primary N) is 4. The molecule has 16 N–H and O–H groups in total. The van der Waals surface area contributed by atoms with Crippen LogP contribution in [-0.4, -0.2) is 158 Å². The van der Waals surface area contributed by atoms with Gasteiger partial charge in [-0.3, -0.25) is 39.6 Å². The van der Waals surface area contributed by atoms with Gasteiger partial charge in [0.2, 0.25) is 0 Å². The van der Waals surface area contributed by atoms with E-state index in [2.05, 4.69) is 256 Å². The van der Waals surface area contributed by atoms with Crippen LogP contribution >= 0.6 is 11.6 Å². The van der Waals surface area contributed by atoms with Gasteiger partial charge in [-0.1, -0.05) is 90.5 Å². The van der Waals surface area contributed by atoms with Crippen molar-refractivity contribution in [2.45, 2.75) is 142 Å². The van der Waals surface area contributed by atoms with Crippen molar-refractivity contribution in [3.63, 3.8) is 0 Å². The highest BCUT2D eigenvalue weighted by molar-refractivity contribution is 6.33. The first-order valence-corrected chi connectivity index (χ1v) is 44.0. The predicted molar refractivity (Wildman–Crippen MR) is 511 cm³/mol. The number of aromatic nitrogens is 11. The number of carbonyl (C=O) groups excluding carboxylic acids is 4. The number of pyridine rings is 2. The number of aryl methyl sites for hydroxylation is 9. The van der Waals surface area contributed by atoms with Crippen LogP contribution in [-0.2, 0) is 66.1 Å². The molecule has 6 aromatic carbocycles. The summed E-state index contributed by atoms with van der Waals surface area (Å²) >= 11 is 6.52. The van der Waals surface area contributed by atoms with Crippen LogP contribution in [0.4, 0.5) is 40.6 Å².